The molecule has 118 valence electrons. The van der Waals surface area contributed by atoms with Crippen LogP contribution in [0, 0.1) is 0 Å². The molecule has 0 atom stereocenters. The zero-order valence-electron chi connectivity index (χ0n) is 13.7. The number of nitrogens with zero attached hydrogens (tertiary/aromatic N) is 2. The molecule has 4 nitrogen and oxygen atoms in total. The van der Waals surface area contributed by atoms with E-state index in [0.29, 0.717) is 0 Å². The molecule has 0 saturated heterocycles. The molecular weight excluding hydrogens is 296 g/mol. The van der Waals surface area contributed by atoms with E-state index in [1.54, 1.807) is 0 Å². The van der Waals surface area contributed by atoms with Gasteiger partial charge in [-0.25, -0.2) is 0 Å². The predicted octanol–water partition coefficient (Wildman–Crippen LogP) is 4.88. The molecule has 0 amide bonds. The Labute approximate surface area is 139 Å². The molecule has 0 unspecified atom stereocenters. The lowest BCUT2D eigenvalue weighted by atomic mass is 10.1. The van der Waals surface area contributed by atoms with E-state index in [9.17, 15) is 0 Å². The van der Waals surface area contributed by atoms with Crippen molar-refractivity contribution in [1.29, 1.82) is 0 Å². The highest BCUT2D eigenvalue weighted by Crippen LogP contribution is 2.20. The third-order valence-corrected chi connectivity index (χ3v) is 4.31. The van der Waals surface area contributed by atoms with Gasteiger partial charge >= 0.3 is 0 Å². The minimum atomic E-state index is 0.895. The average Bonchev–Trinajstić information content (AvgIpc) is 3.23. The lowest BCUT2D eigenvalue weighted by Gasteiger charge is -1.99. The van der Waals surface area contributed by atoms with Crippen molar-refractivity contribution in [1.82, 2.24) is 9.97 Å². The van der Waals surface area contributed by atoms with Gasteiger partial charge in [0, 0.05) is 45.3 Å². The summed E-state index contributed by atoms with van der Waals surface area (Å²) in [5, 5.41) is 11.2. The summed E-state index contributed by atoms with van der Waals surface area (Å²) in [4.78, 5) is 6.55. The van der Waals surface area contributed by atoms with Crippen LogP contribution >= 0.6 is 0 Å². The molecule has 4 rings (SSSR count). The number of aromatic nitrogens is 2. The molecule has 2 aromatic heterocycles. The molecule has 0 fully saturated rings. The average molecular weight is 314 g/mol. The fourth-order valence-corrected chi connectivity index (χ4v) is 3.00. The number of nitrogens with one attached hydrogen (secondary N) is 2. The first-order valence-electron chi connectivity index (χ1n) is 7.96. The molecule has 0 aliphatic rings. The quantitative estimate of drug-likeness (QED) is 0.400. The van der Waals surface area contributed by atoms with Crippen LogP contribution in [0.5, 0.6) is 0 Å². The summed E-state index contributed by atoms with van der Waals surface area (Å²) in [6.07, 6.45) is 3.97. The fourth-order valence-electron chi connectivity index (χ4n) is 3.00. The Kier molecular flexibility index (Phi) is 3.50. The van der Waals surface area contributed by atoms with Crippen LogP contribution < -0.4 is 0 Å². The van der Waals surface area contributed by atoms with E-state index in [-0.39, 0.29) is 0 Å². The molecule has 2 aromatic carbocycles. The Balaban J connectivity index is 1.71. The minimum absolute atomic E-state index is 0.895. The van der Waals surface area contributed by atoms with Gasteiger partial charge in [0.05, 0.1) is 11.4 Å². The van der Waals surface area contributed by atoms with E-state index in [0.717, 1.165) is 33.6 Å². The molecule has 0 aliphatic carbocycles. The van der Waals surface area contributed by atoms with Crippen LogP contribution in [0.1, 0.15) is 25.0 Å². The lowest BCUT2D eigenvalue weighted by Crippen LogP contribution is -1.95. The van der Waals surface area contributed by atoms with Gasteiger partial charge in [0.1, 0.15) is 0 Å². The van der Waals surface area contributed by atoms with Crippen LogP contribution in [0.4, 0.5) is 0 Å². The first-order chi connectivity index (χ1) is 11.7. The van der Waals surface area contributed by atoms with Gasteiger partial charge in [0.15, 0.2) is 0 Å². The summed E-state index contributed by atoms with van der Waals surface area (Å²) in [7, 11) is 0. The molecule has 24 heavy (non-hydrogen) atoms. The summed E-state index contributed by atoms with van der Waals surface area (Å²) in [6, 6.07) is 16.4. The van der Waals surface area contributed by atoms with Crippen molar-refractivity contribution in [2.24, 2.45) is 10.2 Å². The highest BCUT2D eigenvalue weighted by Gasteiger charge is 2.07. The standard InChI is InChI=1S/C20H18N4/c1-13(17-11-21-19-9-5-3-7-15(17)19)23-24-14(2)18-12-22-20-10-6-4-8-16(18)20/h3-12,21-22H,1-2H3/b23-13+,24-14+. The Hall–Kier alpha value is -3.14. The van der Waals surface area contributed by atoms with Crippen molar-refractivity contribution in [3.8, 4) is 0 Å². The van der Waals surface area contributed by atoms with Crippen LogP contribution in [0.15, 0.2) is 71.1 Å². The van der Waals surface area contributed by atoms with Gasteiger partial charge in [-0.15, -0.1) is 0 Å². The van der Waals surface area contributed by atoms with E-state index in [1.807, 2.05) is 50.5 Å². The van der Waals surface area contributed by atoms with Gasteiger partial charge in [-0.05, 0) is 26.0 Å². The Morgan fingerprint density at radius 3 is 1.54 bits per heavy atom. The molecule has 4 aromatic rings. The second-order valence-corrected chi connectivity index (χ2v) is 5.87. The van der Waals surface area contributed by atoms with E-state index in [2.05, 4.69) is 44.4 Å². The van der Waals surface area contributed by atoms with Gasteiger partial charge in [-0.3, -0.25) is 0 Å². The maximum Gasteiger partial charge on any atom is 0.0693 e. The highest BCUT2D eigenvalue weighted by molar-refractivity contribution is 6.11. The smallest absolute Gasteiger partial charge is 0.0693 e. The number of H-pyrrole nitrogens is 2. The fraction of sp³-hybridized carbons (Fsp3) is 0.100. The SMILES string of the molecule is C/C(=N\N=C(/C)c1c[nH]c2ccccc12)c1c[nH]c2ccccc12. The largest absolute Gasteiger partial charge is 0.360 e. The number of para-hydroxylation sites is 2. The second-order valence-electron chi connectivity index (χ2n) is 5.87. The highest BCUT2D eigenvalue weighted by atomic mass is 15.2. The maximum atomic E-state index is 4.45. The van der Waals surface area contributed by atoms with Crippen LogP contribution in [-0.2, 0) is 0 Å². The van der Waals surface area contributed by atoms with Gasteiger partial charge in [-0.1, -0.05) is 36.4 Å². The first-order valence-corrected chi connectivity index (χ1v) is 7.96. The Bertz CT molecular complexity index is 991. The van der Waals surface area contributed by atoms with Crippen molar-refractivity contribution in [2.45, 2.75) is 13.8 Å². The number of aromatic amines is 2. The number of rotatable bonds is 3. The number of hydrogen-bond donors (Lipinski definition) is 2. The van der Waals surface area contributed by atoms with Gasteiger partial charge < -0.3 is 9.97 Å². The normalized spacial score (nSPS) is 13.1. The molecule has 2 N–H and O–H groups in total. The summed E-state index contributed by atoms with van der Waals surface area (Å²) in [5.74, 6) is 0. The van der Waals surface area contributed by atoms with Crippen molar-refractivity contribution < 1.29 is 0 Å². The molecule has 0 aliphatic heterocycles. The van der Waals surface area contributed by atoms with E-state index >= 15 is 0 Å². The Morgan fingerprint density at radius 1 is 0.667 bits per heavy atom. The first kappa shape index (κ1) is 14.5. The van der Waals surface area contributed by atoms with Crippen molar-refractivity contribution in [2.75, 3.05) is 0 Å². The molecule has 0 spiro atoms. The third kappa shape index (κ3) is 2.42. The maximum absolute atomic E-state index is 4.45. The molecular formula is C20H18N4. The molecule has 4 heteroatoms. The van der Waals surface area contributed by atoms with E-state index in [1.165, 1.54) is 10.8 Å². The number of fused-ring (bicyclic) bond motifs is 2. The van der Waals surface area contributed by atoms with Crippen LogP contribution in [-0.4, -0.2) is 21.4 Å². The zero-order valence-corrected chi connectivity index (χ0v) is 13.7. The topological polar surface area (TPSA) is 56.3 Å². The van der Waals surface area contributed by atoms with Crippen molar-refractivity contribution in [3.05, 3.63) is 72.1 Å². The second kappa shape index (κ2) is 5.81. The van der Waals surface area contributed by atoms with Crippen LogP contribution in [0.2, 0.25) is 0 Å². The van der Waals surface area contributed by atoms with Crippen LogP contribution in [0.3, 0.4) is 0 Å². The van der Waals surface area contributed by atoms with Gasteiger partial charge in [0.25, 0.3) is 0 Å². The van der Waals surface area contributed by atoms with Crippen molar-refractivity contribution in [3.63, 3.8) is 0 Å². The van der Waals surface area contributed by atoms with E-state index < -0.39 is 0 Å². The molecule has 0 radical (unpaired) electrons. The minimum Gasteiger partial charge on any atom is -0.360 e. The summed E-state index contributed by atoms with van der Waals surface area (Å²) in [5.41, 5.74) is 6.18. The van der Waals surface area contributed by atoms with Gasteiger partial charge in [0.2, 0.25) is 0 Å². The van der Waals surface area contributed by atoms with E-state index in [4.69, 9.17) is 0 Å². The van der Waals surface area contributed by atoms with Gasteiger partial charge in [-0.2, -0.15) is 10.2 Å². The molecule has 2 heterocycles. The summed E-state index contributed by atoms with van der Waals surface area (Å²) >= 11 is 0. The monoisotopic (exact) mass is 314 g/mol. The molecule has 0 bridgehead atoms. The Morgan fingerprint density at radius 2 is 1.08 bits per heavy atom. The molecule has 0 saturated carbocycles. The lowest BCUT2D eigenvalue weighted by molar-refractivity contribution is 1.22. The number of benzene rings is 2. The van der Waals surface area contributed by atoms with Crippen LogP contribution in [0.25, 0.3) is 21.8 Å². The van der Waals surface area contributed by atoms with Crippen molar-refractivity contribution >= 4 is 33.2 Å². The zero-order chi connectivity index (χ0) is 16.5. The predicted molar refractivity (Wildman–Crippen MR) is 101 cm³/mol. The summed E-state index contributed by atoms with van der Waals surface area (Å²) < 4.78 is 0. The summed E-state index contributed by atoms with van der Waals surface area (Å²) in [6.45, 7) is 3.98. The third-order valence-electron chi connectivity index (χ3n) is 4.31. The number of hydrogen-bond acceptors (Lipinski definition) is 2.